The lowest BCUT2D eigenvalue weighted by Gasteiger charge is -2.14. The predicted octanol–water partition coefficient (Wildman–Crippen LogP) is 3.87. The number of hydrogen-bond donors (Lipinski definition) is 1. The van der Waals surface area contributed by atoms with Crippen molar-refractivity contribution in [1.82, 2.24) is 0 Å². The molecule has 0 aliphatic carbocycles. The molecule has 2 nitrogen and oxygen atoms in total. The van der Waals surface area contributed by atoms with E-state index in [1.54, 1.807) is 0 Å². The van der Waals surface area contributed by atoms with Crippen LogP contribution in [0.15, 0.2) is 36.4 Å². The summed E-state index contributed by atoms with van der Waals surface area (Å²) in [4.78, 5) is 0. The maximum absolute atomic E-state index is 13.2. The van der Waals surface area contributed by atoms with Gasteiger partial charge in [-0.25, -0.2) is 4.39 Å². The Morgan fingerprint density at radius 2 is 2.00 bits per heavy atom. The fourth-order valence-electron chi connectivity index (χ4n) is 2.08. The number of para-hydroxylation sites is 1. The Labute approximate surface area is 123 Å². The molecule has 0 unspecified atom stereocenters. The number of nitrogens with two attached hydrogens (primary N) is 1. The molecule has 0 radical (unpaired) electrons. The third-order valence-corrected chi connectivity index (χ3v) is 3.46. The Bertz CT molecular complexity index is 601. The quantitative estimate of drug-likeness (QED) is 0.908. The van der Waals surface area contributed by atoms with Crippen LogP contribution < -0.4 is 10.5 Å². The maximum Gasteiger partial charge on any atom is 0.125 e. The van der Waals surface area contributed by atoms with Gasteiger partial charge in [-0.1, -0.05) is 29.8 Å². The number of benzene rings is 2. The molecular weight excluding hydrogens is 277 g/mol. The van der Waals surface area contributed by atoms with Crippen LogP contribution in [0.4, 0.5) is 4.39 Å². The fourth-order valence-corrected chi connectivity index (χ4v) is 2.25. The summed E-state index contributed by atoms with van der Waals surface area (Å²) in [7, 11) is 0. The van der Waals surface area contributed by atoms with Gasteiger partial charge >= 0.3 is 0 Å². The lowest BCUT2D eigenvalue weighted by atomic mass is 10.1. The minimum atomic E-state index is -0.319. The Balaban J connectivity index is 2.20. The largest absolute Gasteiger partial charge is 0.488 e. The van der Waals surface area contributed by atoms with E-state index in [1.165, 1.54) is 18.2 Å². The molecule has 0 fully saturated rings. The van der Waals surface area contributed by atoms with Gasteiger partial charge in [-0.3, -0.25) is 0 Å². The van der Waals surface area contributed by atoms with E-state index in [-0.39, 0.29) is 12.4 Å². The number of hydrogen-bond acceptors (Lipinski definition) is 2. The molecule has 0 aliphatic heterocycles. The first-order valence-corrected chi connectivity index (χ1v) is 6.85. The Morgan fingerprint density at radius 3 is 2.75 bits per heavy atom. The highest BCUT2D eigenvalue weighted by Gasteiger charge is 2.09. The van der Waals surface area contributed by atoms with Crippen molar-refractivity contribution in [1.29, 1.82) is 0 Å². The zero-order valence-corrected chi connectivity index (χ0v) is 12.1. The summed E-state index contributed by atoms with van der Waals surface area (Å²) in [5.41, 5.74) is 8.32. The monoisotopic (exact) mass is 293 g/mol. The standard InChI is InChI=1S/C16H17ClFNO/c1-11-3-2-4-12(7-8-19)16(11)20-10-13-9-14(18)5-6-15(13)17/h2-6,9H,7-8,10,19H2,1H3. The molecule has 0 atom stereocenters. The van der Waals surface area contributed by atoms with Crippen molar-refractivity contribution in [3.63, 3.8) is 0 Å². The molecule has 2 aromatic carbocycles. The lowest BCUT2D eigenvalue weighted by Crippen LogP contribution is -2.06. The lowest BCUT2D eigenvalue weighted by molar-refractivity contribution is 0.300. The molecule has 0 saturated carbocycles. The molecule has 0 aromatic heterocycles. The van der Waals surface area contributed by atoms with Gasteiger partial charge in [-0.05, 0) is 49.2 Å². The van der Waals surface area contributed by atoms with Crippen molar-refractivity contribution in [2.24, 2.45) is 5.73 Å². The fraction of sp³-hybridized carbons (Fsp3) is 0.250. The molecule has 0 bridgehead atoms. The molecule has 2 aromatic rings. The van der Waals surface area contributed by atoms with Crippen LogP contribution in [0.25, 0.3) is 0 Å². The van der Waals surface area contributed by atoms with Gasteiger partial charge in [0.1, 0.15) is 18.2 Å². The van der Waals surface area contributed by atoms with Crippen molar-refractivity contribution in [3.05, 3.63) is 63.9 Å². The van der Waals surface area contributed by atoms with E-state index in [2.05, 4.69) is 0 Å². The van der Waals surface area contributed by atoms with Crippen molar-refractivity contribution in [3.8, 4) is 5.75 Å². The van der Waals surface area contributed by atoms with Gasteiger partial charge in [0.2, 0.25) is 0 Å². The van der Waals surface area contributed by atoms with Gasteiger partial charge in [-0.2, -0.15) is 0 Å². The Morgan fingerprint density at radius 1 is 1.20 bits per heavy atom. The van der Waals surface area contributed by atoms with Crippen LogP contribution in [0.2, 0.25) is 5.02 Å². The molecule has 0 heterocycles. The Kier molecular flexibility index (Phi) is 4.99. The highest BCUT2D eigenvalue weighted by atomic mass is 35.5. The van der Waals surface area contributed by atoms with Crippen LogP contribution in [0.1, 0.15) is 16.7 Å². The minimum absolute atomic E-state index is 0.235. The smallest absolute Gasteiger partial charge is 0.125 e. The highest BCUT2D eigenvalue weighted by Crippen LogP contribution is 2.26. The van der Waals surface area contributed by atoms with E-state index in [4.69, 9.17) is 22.1 Å². The van der Waals surface area contributed by atoms with Gasteiger partial charge in [0, 0.05) is 10.6 Å². The second-order valence-corrected chi connectivity index (χ2v) is 5.03. The molecule has 106 valence electrons. The van der Waals surface area contributed by atoms with E-state index in [9.17, 15) is 4.39 Å². The molecule has 4 heteroatoms. The summed E-state index contributed by atoms with van der Waals surface area (Å²) in [5.74, 6) is 0.484. The van der Waals surface area contributed by atoms with Gasteiger partial charge < -0.3 is 10.5 Å². The molecule has 20 heavy (non-hydrogen) atoms. The molecule has 2 rings (SSSR count). The zero-order chi connectivity index (χ0) is 14.5. The molecule has 0 spiro atoms. The maximum atomic E-state index is 13.2. The predicted molar refractivity (Wildman–Crippen MR) is 79.7 cm³/mol. The summed E-state index contributed by atoms with van der Waals surface area (Å²) >= 11 is 6.04. The van der Waals surface area contributed by atoms with Crippen LogP contribution in [0.3, 0.4) is 0 Å². The average molecular weight is 294 g/mol. The highest BCUT2D eigenvalue weighted by molar-refractivity contribution is 6.31. The number of ether oxygens (including phenoxy) is 1. The van der Waals surface area contributed by atoms with Gasteiger partial charge in [0.15, 0.2) is 0 Å². The summed E-state index contributed by atoms with van der Waals surface area (Å²) < 4.78 is 19.1. The SMILES string of the molecule is Cc1cccc(CCN)c1OCc1cc(F)ccc1Cl. The van der Waals surface area contributed by atoms with E-state index in [0.717, 1.165) is 23.3 Å². The third kappa shape index (κ3) is 3.50. The van der Waals surface area contributed by atoms with E-state index in [0.29, 0.717) is 17.1 Å². The van der Waals surface area contributed by atoms with Crippen LogP contribution in [0.5, 0.6) is 5.75 Å². The van der Waals surface area contributed by atoms with Gasteiger partial charge in [0.25, 0.3) is 0 Å². The normalized spacial score (nSPS) is 10.6. The van der Waals surface area contributed by atoms with Crippen molar-refractivity contribution < 1.29 is 9.13 Å². The van der Waals surface area contributed by atoms with Crippen LogP contribution in [0, 0.1) is 12.7 Å². The summed E-state index contributed by atoms with van der Waals surface area (Å²) in [6, 6.07) is 10.2. The second-order valence-electron chi connectivity index (χ2n) is 4.63. The van der Waals surface area contributed by atoms with E-state index >= 15 is 0 Å². The molecule has 0 amide bonds. The van der Waals surface area contributed by atoms with Crippen molar-refractivity contribution in [2.45, 2.75) is 20.0 Å². The zero-order valence-electron chi connectivity index (χ0n) is 11.3. The van der Waals surface area contributed by atoms with Crippen molar-refractivity contribution in [2.75, 3.05) is 6.54 Å². The molecule has 2 N–H and O–H groups in total. The van der Waals surface area contributed by atoms with Crippen LogP contribution >= 0.6 is 11.6 Å². The van der Waals surface area contributed by atoms with Crippen LogP contribution in [-0.4, -0.2) is 6.54 Å². The van der Waals surface area contributed by atoms with Crippen LogP contribution in [-0.2, 0) is 13.0 Å². The summed E-state index contributed by atoms with van der Waals surface area (Å²) in [6.45, 7) is 2.77. The first-order valence-electron chi connectivity index (χ1n) is 6.47. The first kappa shape index (κ1) is 14.8. The Hall–Kier alpha value is -1.58. The topological polar surface area (TPSA) is 35.2 Å². The third-order valence-electron chi connectivity index (χ3n) is 3.09. The minimum Gasteiger partial charge on any atom is -0.488 e. The summed E-state index contributed by atoms with van der Waals surface area (Å²) in [6.07, 6.45) is 0.744. The molecular formula is C16H17ClFNO. The second kappa shape index (κ2) is 6.73. The average Bonchev–Trinajstić information content (AvgIpc) is 2.42. The summed E-state index contributed by atoms with van der Waals surface area (Å²) in [5, 5.41) is 0.500. The van der Waals surface area contributed by atoms with Crippen molar-refractivity contribution >= 4 is 11.6 Å². The number of halogens is 2. The van der Waals surface area contributed by atoms with E-state index in [1.807, 2.05) is 25.1 Å². The molecule has 0 aliphatic rings. The first-order chi connectivity index (χ1) is 9.61. The van der Waals surface area contributed by atoms with Gasteiger partial charge in [-0.15, -0.1) is 0 Å². The van der Waals surface area contributed by atoms with Gasteiger partial charge in [0.05, 0.1) is 0 Å². The van der Waals surface area contributed by atoms with E-state index < -0.39 is 0 Å². The molecule has 0 saturated heterocycles. The number of rotatable bonds is 5. The number of aryl methyl sites for hydroxylation is 1.